The zero-order valence-corrected chi connectivity index (χ0v) is 24.8. The summed E-state index contributed by atoms with van der Waals surface area (Å²) in [5.41, 5.74) is 6.16. The fraction of sp³-hybridized carbons (Fsp3) is 0.200. The third kappa shape index (κ3) is 5.77. The van der Waals surface area contributed by atoms with Crippen LogP contribution in [-0.4, -0.2) is 33.2 Å². The molecule has 2 N–H and O–H groups in total. The Balaban J connectivity index is 1.27. The Morgan fingerprint density at radius 2 is 1.58 bits per heavy atom. The number of rotatable bonds is 5. The molecule has 1 aliphatic heterocycles. The van der Waals surface area contributed by atoms with E-state index in [1.165, 1.54) is 0 Å². The zero-order valence-electron chi connectivity index (χ0n) is 24.8. The smallest absolute Gasteiger partial charge is 0.308 e. The number of hydrogen-bond donors (Lipinski definition) is 2. The summed E-state index contributed by atoms with van der Waals surface area (Å²) in [7, 11) is 0. The van der Waals surface area contributed by atoms with Crippen LogP contribution < -0.4 is 15.5 Å². The Bertz CT molecular complexity index is 1850. The fourth-order valence-electron chi connectivity index (χ4n) is 5.31. The summed E-state index contributed by atoms with van der Waals surface area (Å²) in [6, 6.07) is 25.1. The summed E-state index contributed by atoms with van der Waals surface area (Å²) in [4.78, 5) is 32.3. The number of fused-ring (bicyclic) bond motifs is 1. The molecule has 2 aromatic heterocycles. The second kappa shape index (κ2) is 11.2. The average Bonchev–Trinajstić information content (AvgIpc) is 3.42. The van der Waals surface area contributed by atoms with Crippen LogP contribution in [0.15, 0.2) is 97.3 Å². The van der Waals surface area contributed by atoms with Crippen LogP contribution in [0.25, 0.3) is 22.0 Å². The number of nitrogens with zero attached hydrogens (tertiary/aromatic N) is 4. The number of aryl methyl sites for hydroxylation is 1. The highest BCUT2D eigenvalue weighted by Gasteiger charge is 2.24. The minimum absolute atomic E-state index is 0.0575. The van der Waals surface area contributed by atoms with E-state index in [0.29, 0.717) is 24.5 Å². The van der Waals surface area contributed by atoms with Crippen LogP contribution in [-0.2, 0) is 10.2 Å². The molecule has 0 saturated carbocycles. The van der Waals surface area contributed by atoms with Gasteiger partial charge in [-0.25, -0.2) is 9.48 Å². The SMILES string of the molecule is Cc1ccc(-n2nc(C(C)(C)C)cc2NC(=O)Nc2ccc(C3=CC(=O)N(c4ccncc4)CC3)c3ccccc23)cc1. The normalized spacial score (nSPS) is 13.6. The minimum Gasteiger partial charge on any atom is -0.308 e. The van der Waals surface area contributed by atoms with Crippen molar-refractivity contribution in [1.29, 1.82) is 0 Å². The van der Waals surface area contributed by atoms with Gasteiger partial charge in [-0.1, -0.05) is 68.8 Å². The van der Waals surface area contributed by atoms with Crippen LogP contribution in [0.1, 0.15) is 44.0 Å². The lowest BCUT2D eigenvalue weighted by Gasteiger charge is -2.27. The van der Waals surface area contributed by atoms with Gasteiger partial charge in [-0.3, -0.25) is 15.1 Å². The first-order valence-electron chi connectivity index (χ1n) is 14.4. The molecule has 1 aliphatic rings. The minimum atomic E-state index is -0.369. The van der Waals surface area contributed by atoms with Crippen molar-refractivity contribution >= 4 is 45.5 Å². The highest BCUT2D eigenvalue weighted by atomic mass is 16.2. The third-order valence-electron chi connectivity index (χ3n) is 7.66. The number of carbonyl (C=O) groups excluding carboxylic acids is 2. The molecule has 8 nitrogen and oxygen atoms in total. The van der Waals surface area contributed by atoms with Gasteiger partial charge in [0.25, 0.3) is 5.91 Å². The number of aromatic nitrogens is 3. The summed E-state index contributed by atoms with van der Waals surface area (Å²) >= 11 is 0. The Morgan fingerprint density at radius 1 is 0.860 bits per heavy atom. The van der Waals surface area contributed by atoms with E-state index in [1.807, 2.05) is 85.8 Å². The van der Waals surface area contributed by atoms with Gasteiger partial charge in [0.05, 0.1) is 17.1 Å². The van der Waals surface area contributed by atoms with E-state index in [2.05, 4.69) is 36.4 Å². The Morgan fingerprint density at radius 3 is 2.28 bits per heavy atom. The molecule has 0 unspecified atom stereocenters. The molecule has 0 bridgehead atoms. The summed E-state index contributed by atoms with van der Waals surface area (Å²) in [6.07, 6.45) is 5.81. The predicted octanol–water partition coefficient (Wildman–Crippen LogP) is 7.49. The molecule has 8 heteroatoms. The number of benzene rings is 3. The van der Waals surface area contributed by atoms with Gasteiger partial charge in [0.15, 0.2) is 0 Å². The molecule has 0 radical (unpaired) electrons. The first-order chi connectivity index (χ1) is 20.7. The van der Waals surface area contributed by atoms with Gasteiger partial charge in [-0.2, -0.15) is 5.10 Å². The highest BCUT2D eigenvalue weighted by molar-refractivity contribution is 6.12. The third-order valence-corrected chi connectivity index (χ3v) is 7.66. The molecule has 0 fully saturated rings. The van der Waals surface area contributed by atoms with Gasteiger partial charge in [0, 0.05) is 47.6 Å². The average molecular weight is 571 g/mol. The lowest BCUT2D eigenvalue weighted by molar-refractivity contribution is -0.114. The van der Waals surface area contributed by atoms with E-state index < -0.39 is 0 Å². The number of amides is 3. The van der Waals surface area contributed by atoms with Crippen molar-refractivity contribution in [2.75, 3.05) is 22.1 Å². The monoisotopic (exact) mass is 570 g/mol. The number of anilines is 3. The summed E-state index contributed by atoms with van der Waals surface area (Å²) < 4.78 is 1.77. The van der Waals surface area contributed by atoms with Crippen molar-refractivity contribution in [2.24, 2.45) is 0 Å². The van der Waals surface area contributed by atoms with E-state index in [0.717, 1.165) is 44.5 Å². The molecule has 0 spiro atoms. The molecule has 216 valence electrons. The summed E-state index contributed by atoms with van der Waals surface area (Å²) in [5.74, 6) is 0.523. The van der Waals surface area contributed by atoms with Crippen molar-refractivity contribution in [2.45, 2.75) is 39.5 Å². The number of carbonyl (C=O) groups is 2. The van der Waals surface area contributed by atoms with E-state index in [4.69, 9.17) is 5.10 Å². The molecule has 0 atom stereocenters. The van der Waals surface area contributed by atoms with E-state index in [1.54, 1.807) is 28.1 Å². The maximum absolute atomic E-state index is 13.4. The van der Waals surface area contributed by atoms with E-state index in [-0.39, 0.29) is 17.4 Å². The van der Waals surface area contributed by atoms with Gasteiger partial charge in [0.1, 0.15) is 5.82 Å². The van der Waals surface area contributed by atoms with E-state index >= 15 is 0 Å². The number of hydrogen-bond acceptors (Lipinski definition) is 4. The maximum Gasteiger partial charge on any atom is 0.324 e. The number of nitrogens with one attached hydrogen (secondary N) is 2. The lowest BCUT2D eigenvalue weighted by atomic mass is 9.92. The Hall–Kier alpha value is -5.24. The van der Waals surface area contributed by atoms with Crippen molar-refractivity contribution in [3.05, 3.63) is 114 Å². The number of urea groups is 1. The zero-order chi connectivity index (χ0) is 30.1. The fourth-order valence-corrected chi connectivity index (χ4v) is 5.31. The topological polar surface area (TPSA) is 92.2 Å². The molecule has 0 aliphatic carbocycles. The highest BCUT2D eigenvalue weighted by Crippen LogP contribution is 2.35. The molecular weight excluding hydrogens is 536 g/mol. The lowest BCUT2D eigenvalue weighted by Crippen LogP contribution is -2.33. The van der Waals surface area contributed by atoms with Gasteiger partial charge >= 0.3 is 6.03 Å². The number of pyridine rings is 1. The molecule has 43 heavy (non-hydrogen) atoms. The van der Waals surface area contributed by atoms with Gasteiger partial charge in [-0.15, -0.1) is 0 Å². The Kier molecular flexibility index (Phi) is 7.27. The largest absolute Gasteiger partial charge is 0.324 e. The van der Waals surface area contributed by atoms with Crippen LogP contribution in [0.5, 0.6) is 0 Å². The molecule has 6 rings (SSSR count). The molecule has 0 saturated heterocycles. The van der Waals surface area contributed by atoms with Crippen LogP contribution in [0.2, 0.25) is 0 Å². The molecule has 3 amide bonds. The first kappa shape index (κ1) is 27.9. The second-order valence-electron chi connectivity index (χ2n) is 11.8. The quantitative estimate of drug-likeness (QED) is 0.229. The molecule has 3 heterocycles. The van der Waals surface area contributed by atoms with E-state index in [9.17, 15) is 9.59 Å². The van der Waals surface area contributed by atoms with Crippen molar-refractivity contribution in [1.82, 2.24) is 14.8 Å². The van der Waals surface area contributed by atoms with Crippen molar-refractivity contribution < 1.29 is 9.59 Å². The van der Waals surface area contributed by atoms with Gasteiger partial charge in [-0.05, 0) is 60.2 Å². The summed E-state index contributed by atoms with van der Waals surface area (Å²) in [6.45, 7) is 8.90. The maximum atomic E-state index is 13.4. The standard InChI is InChI=1S/C35H34N6O2/c1-23-9-11-26(12-10-23)41-32(22-31(39-41)35(2,3)4)38-34(43)37-30-14-13-27(28-7-5-6-8-29(28)30)24-17-20-40(33(42)21-24)25-15-18-36-19-16-25/h5-16,18-19,21-22H,17,20H2,1-4H3,(H2,37,38,43). The van der Waals surface area contributed by atoms with Crippen LogP contribution in [0, 0.1) is 6.92 Å². The van der Waals surface area contributed by atoms with Crippen molar-refractivity contribution in [3.63, 3.8) is 0 Å². The second-order valence-corrected chi connectivity index (χ2v) is 11.8. The Labute approximate surface area is 251 Å². The molecular formula is C35H34N6O2. The summed E-state index contributed by atoms with van der Waals surface area (Å²) in [5, 5.41) is 12.7. The van der Waals surface area contributed by atoms with Crippen LogP contribution in [0.3, 0.4) is 0 Å². The van der Waals surface area contributed by atoms with Crippen LogP contribution >= 0.6 is 0 Å². The van der Waals surface area contributed by atoms with Crippen LogP contribution in [0.4, 0.5) is 22.0 Å². The van der Waals surface area contributed by atoms with Gasteiger partial charge < -0.3 is 10.2 Å². The van der Waals surface area contributed by atoms with Crippen molar-refractivity contribution in [3.8, 4) is 5.69 Å². The predicted molar refractivity (Wildman–Crippen MR) is 173 cm³/mol. The molecule has 3 aromatic carbocycles. The molecule has 5 aromatic rings. The van der Waals surface area contributed by atoms with Gasteiger partial charge in [0.2, 0.25) is 0 Å². The first-order valence-corrected chi connectivity index (χ1v) is 14.4.